The standard InChI is InChI=1S/C27H23F3N4O4S/c1-14-10-19(33-22(11-14)34-21-12-15(7-9-31-21)27(28,29)30)20-13-32-25(39-20)26(37)8-3-4-16-18(26)6-5-17(23(16)35)24(36)38-2/h5-7,9-13,35,37H,3-4,8H2,1-2H3,(H,31,33,34)/t26-/m1/s1. The largest absolute Gasteiger partial charge is 0.507 e. The fourth-order valence-corrected chi connectivity index (χ4v) is 5.69. The number of hydrogen-bond acceptors (Lipinski definition) is 9. The molecule has 0 saturated heterocycles. The minimum absolute atomic E-state index is 0.00174. The van der Waals surface area contributed by atoms with Gasteiger partial charge in [0.25, 0.3) is 0 Å². The summed E-state index contributed by atoms with van der Waals surface area (Å²) in [5, 5.41) is 25.7. The number of methoxy groups -OCH3 is 1. The second-order valence-corrected chi connectivity index (χ2v) is 10.2. The molecule has 0 bridgehead atoms. The van der Waals surface area contributed by atoms with E-state index in [1.807, 2.05) is 6.92 Å². The van der Waals surface area contributed by atoms with Crippen LogP contribution in [-0.4, -0.2) is 38.2 Å². The number of fused-ring (bicyclic) bond motifs is 1. The van der Waals surface area contributed by atoms with E-state index in [4.69, 9.17) is 4.74 Å². The molecule has 1 aliphatic rings. The molecule has 0 spiro atoms. The molecule has 0 aliphatic heterocycles. The van der Waals surface area contributed by atoms with Gasteiger partial charge >= 0.3 is 12.1 Å². The quantitative estimate of drug-likeness (QED) is 0.267. The monoisotopic (exact) mass is 556 g/mol. The molecule has 0 saturated carbocycles. The van der Waals surface area contributed by atoms with E-state index in [9.17, 15) is 28.2 Å². The van der Waals surface area contributed by atoms with E-state index >= 15 is 0 Å². The third-order valence-corrected chi connectivity index (χ3v) is 7.69. The Hall–Kier alpha value is -4.03. The number of carbonyl (C=O) groups is 1. The maximum absolute atomic E-state index is 13.1. The van der Waals surface area contributed by atoms with Gasteiger partial charge in [-0.2, -0.15) is 13.2 Å². The van der Waals surface area contributed by atoms with Crippen molar-refractivity contribution in [3.05, 3.63) is 81.6 Å². The fraction of sp³-hybridized carbons (Fsp3) is 0.259. The summed E-state index contributed by atoms with van der Waals surface area (Å²) in [6, 6.07) is 8.31. The van der Waals surface area contributed by atoms with Crippen molar-refractivity contribution in [3.8, 4) is 16.3 Å². The number of nitrogens with zero attached hydrogens (tertiary/aromatic N) is 3. The van der Waals surface area contributed by atoms with Crippen LogP contribution in [0.5, 0.6) is 5.75 Å². The number of phenolic OH excluding ortho intramolecular Hbond substituents is 1. The number of hydrogen-bond donors (Lipinski definition) is 3. The Balaban J connectivity index is 1.47. The van der Waals surface area contributed by atoms with Crippen molar-refractivity contribution in [2.24, 2.45) is 0 Å². The number of thiazole rings is 1. The summed E-state index contributed by atoms with van der Waals surface area (Å²) < 4.78 is 44.0. The van der Waals surface area contributed by atoms with Crippen LogP contribution in [0.25, 0.3) is 10.6 Å². The van der Waals surface area contributed by atoms with E-state index in [0.29, 0.717) is 51.8 Å². The highest BCUT2D eigenvalue weighted by atomic mass is 32.1. The van der Waals surface area contributed by atoms with E-state index in [1.54, 1.807) is 24.4 Å². The number of aryl methyl sites for hydroxylation is 1. The molecule has 4 aromatic rings. The first-order valence-corrected chi connectivity index (χ1v) is 12.7. The first kappa shape index (κ1) is 26.6. The number of esters is 1. The summed E-state index contributed by atoms with van der Waals surface area (Å²) >= 11 is 1.22. The summed E-state index contributed by atoms with van der Waals surface area (Å²) in [4.78, 5) is 25.6. The lowest BCUT2D eigenvalue weighted by molar-refractivity contribution is -0.137. The van der Waals surface area contributed by atoms with E-state index < -0.39 is 23.3 Å². The number of benzene rings is 1. The fourth-order valence-electron chi connectivity index (χ4n) is 4.68. The Labute approximate surface area is 225 Å². The number of carbonyl (C=O) groups excluding carboxylic acids is 1. The molecule has 5 rings (SSSR count). The number of anilines is 2. The Kier molecular flexibility index (Phi) is 6.77. The van der Waals surface area contributed by atoms with Crippen LogP contribution >= 0.6 is 11.3 Å². The predicted molar refractivity (Wildman–Crippen MR) is 138 cm³/mol. The topological polar surface area (TPSA) is 117 Å². The Morgan fingerprint density at radius 3 is 2.69 bits per heavy atom. The number of pyridine rings is 2. The molecule has 0 amide bonds. The summed E-state index contributed by atoms with van der Waals surface area (Å²) in [5.74, 6) is -0.586. The van der Waals surface area contributed by atoms with Crippen LogP contribution < -0.4 is 5.32 Å². The van der Waals surface area contributed by atoms with Crippen molar-refractivity contribution in [3.63, 3.8) is 0 Å². The Bertz CT molecular complexity index is 1570. The summed E-state index contributed by atoms with van der Waals surface area (Å²) in [7, 11) is 1.23. The second-order valence-electron chi connectivity index (χ2n) is 9.19. The van der Waals surface area contributed by atoms with Crippen LogP contribution in [0.15, 0.2) is 48.8 Å². The molecule has 3 N–H and O–H groups in total. The first-order valence-electron chi connectivity index (χ1n) is 11.9. The molecule has 0 radical (unpaired) electrons. The van der Waals surface area contributed by atoms with Gasteiger partial charge in [0.05, 0.1) is 23.2 Å². The smallest absolute Gasteiger partial charge is 0.416 e. The SMILES string of the molecule is COC(=O)c1ccc2c(c1O)CCC[C@]2(O)c1ncc(-c2cc(C)cc(Nc3cc(C(F)(F)F)ccn3)n2)s1. The Morgan fingerprint density at radius 1 is 1.15 bits per heavy atom. The summed E-state index contributed by atoms with van der Waals surface area (Å²) in [6.45, 7) is 1.82. The van der Waals surface area contributed by atoms with Gasteiger partial charge < -0.3 is 20.3 Å². The van der Waals surface area contributed by atoms with Crippen LogP contribution in [0.2, 0.25) is 0 Å². The first-order chi connectivity index (χ1) is 18.5. The number of halogens is 3. The minimum atomic E-state index is -4.50. The molecule has 8 nitrogen and oxygen atoms in total. The zero-order valence-electron chi connectivity index (χ0n) is 20.8. The van der Waals surface area contributed by atoms with Gasteiger partial charge in [0.15, 0.2) is 0 Å². The third-order valence-electron chi connectivity index (χ3n) is 6.52. The predicted octanol–water partition coefficient (Wildman–Crippen LogP) is 5.74. The molecular formula is C27H23F3N4O4S. The van der Waals surface area contributed by atoms with Gasteiger partial charge in [-0.25, -0.2) is 19.7 Å². The molecule has 202 valence electrons. The zero-order chi connectivity index (χ0) is 27.9. The van der Waals surface area contributed by atoms with E-state index in [2.05, 4.69) is 20.3 Å². The lowest BCUT2D eigenvalue weighted by Crippen LogP contribution is -2.32. The summed E-state index contributed by atoms with van der Waals surface area (Å²) in [5.41, 5.74) is -0.0456. The lowest BCUT2D eigenvalue weighted by atomic mass is 9.78. The zero-order valence-corrected chi connectivity index (χ0v) is 21.7. The number of alkyl halides is 3. The van der Waals surface area contributed by atoms with E-state index in [1.165, 1.54) is 24.5 Å². The molecule has 1 aromatic carbocycles. The molecule has 0 fully saturated rings. The lowest BCUT2D eigenvalue weighted by Gasteiger charge is -2.33. The molecule has 3 heterocycles. The molecule has 0 unspecified atom stereocenters. The maximum Gasteiger partial charge on any atom is 0.416 e. The van der Waals surface area contributed by atoms with Gasteiger partial charge in [0.1, 0.15) is 33.6 Å². The molecule has 1 aliphatic carbocycles. The average molecular weight is 557 g/mol. The molecular weight excluding hydrogens is 533 g/mol. The Morgan fingerprint density at radius 2 is 1.95 bits per heavy atom. The van der Waals surface area contributed by atoms with E-state index in [-0.39, 0.29) is 17.1 Å². The van der Waals surface area contributed by atoms with Gasteiger partial charge in [0.2, 0.25) is 0 Å². The molecule has 3 aromatic heterocycles. The van der Waals surface area contributed by atoms with Crippen molar-refractivity contribution in [1.82, 2.24) is 15.0 Å². The van der Waals surface area contributed by atoms with Crippen LogP contribution in [0, 0.1) is 6.92 Å². The van der Waals surface area contributed by atoms with E-state index in [0.717, 1.165) is 23.9 Å². The number of ether oxygens (including phenoxy) is 1. The highest BCUT2D eigenvalue weighted by molar-refractivity contribution is 7.15. The van der Waals surface area contributed by atoms with Gasteiger partial charge in [0, 0.05) is 18.0 Å². The van der Waals surface area contributed by atoms with Crippen molar-refractivity contribution < 1.29 is 32.9 Å². The average Bonchev–Trinajstić information content (AvgIpc) is 3.40. The number of rotatable bonds is 5. The number of phenols is 1. The number of nitrogens with one attached hydrogen (secondary N) is 1. The summed E-state index contributed by atoms with van der Waals surface area (Å²) in [6.07, 6.45) is -0.463. The second kappa shape index (κ2) is 9.93. The van der Waals surface area contributed by atoms with Crippen LogP contribution in [0.4, 0.5) is 24.8 Å². The number of aliphatic hydroxyl groups is 1. The third kappa shape index (κ3) is 5.04. The number of aromatic hydroxyl groups is 1. The normalized spacial score (nSPS) is 17.0. The van der Waals surface area contributed by atoms with Gasteiger partial charge in [-0.15, -0.1) is 11.3 Å². The highest BCUT2D eigenvalue weighted by Crippen LogP contribution is 2.46. The van der Waals surface area contributed by atoms with Crippen molar-refractivity contribution in [2.45, 2.75) is 38.0 Å². The van der Waals surface area contributed by atoms with Crippen molar-refractivity contribution in [2.75, 3.05) is 12.4 Å². The minimum Gasteiger partial charge on any atom is -0.507 e. The van der Waals surface area contributed by atoms with Gasteiger partial charge in [-0.1, -0.05) is 6.07 Å². The molecule has 12 heteroatoms. The van der Waals surface area contributed by atoms with Crippen LogP contribution in [0.3, 0.4) is 0 Å². The van der Waals surface area contributed by atoms with Crippen molar-refractivity contribution in [1.29, 1.82) is 0 Å². The number of aromatic nitrogens is 3. The highest BCUT2D eigenvalue weighted by Gasteiger charge is 2.41. The molecule has 1 atom stereocenters. The van der Waals surface area contributed by atoms with Gasteiger partial charge in [-0.05, 0) is 67.6 Å². The van der Waals surface area contributed by atoms with Crippen LogP contribution in [-0.2, 0) is 22.9 Å². The molecule has 39 heavy (non-hydrogen) atoms. The van der Waals surface area contributed by atoms with Gasteiger partial charge in [-0.3, -0.25) is 0 Å². The van der Waals surface area contributed by atoms with Crippen molar-refractivity contribution >= 4 is 28.9 Å². The van der Waals surface area contributed by atoms with Crippen LogP contribution in [0.1, 0.15) is 50.5 Å². The maximum atomic E-state index is 13.1.